The lowest BCUT2D eigenvalue weighted by Gasteiger charge is -2.63. The summed E-state index contributed by atoms with van der Waals surface area (Å²) in [6, 6.07) is 1.03. The summed E-state index contributed by atoms with van der Waals surface area (Å²) in [5.41, 5.74) is 0.337. The minimum absolute atomic E-state index is 0. The monoisotopic (exact) mass is 495 g/mol. The molecule has 3 aliphatic carbocycles. The maximum atomic E-state index is 11.7. The van der Waals surface area contributed by atoms with Gasteiger partial charge in [0.05, 0.1) is 17.6 Å². The Morgan fingerprint density at radius 1 is 1.15 bits per heavy atom. The number of hydrogen-bond acceptors (Lipinski definition) is 4. The van der Waals surface area contributed by atoms with Crippen LogP contribution in [-0.4, -0.2) is 57.2 Å². The summed E-state index contributed by atoms with van der Waals surface area (Å²) in [5.74, 6) is 2.36. The van der Waals surface area contributed by atoms with E-state index in [0.717, 1.165) is 25.4 Å². The van der Waals surface area contributed by atoms with Gasteiger partial charge in [0.15, 0.2) is 15.8 Å². The lowest BCUT2D eigenvalue weighted by molar-refractivity contribution is -0.171. The van der Waals surface area contributed by atoms with Gasteiger partial charge in [-0.25, -0.2) is 8.42 Å². The fourth-order valence-corrected chi connectivity index (χ4v) is 7.24. The Bertz CT molecular complexity index is 675. The molecule has 0 aromatic carbocycles. The van der Waals surface area contributed by atoms with Crippen LogP contribution >= 0.6 is 24.0 Å². The largest absolute Gasteiger partial charge is 0.377 e. The van der Waals surface area contributed by atoms with E-state index in [4.69, 9.17) is 9.73 Å². The Morgan fingerprint density at radius 3 is 2.58 bits per heavy atom. The number of nitrogens with one attached hydrogen (secondary N) is 2. The van der Waals surface area contributed by atoms with E-state index in [1.807, 2.05) is 0 Å². The van der Waals surface area contributed by atoms with Crippen LogP contribution in [0.2, 0.25) is 0 Å². The molecule has 2 N–H and O–H groups in total. The summed E-state index contributed by atoms with van der Waals surface area (Å²) in [5, 5.41) is 7.29. The number of sulfone groups is 1. The van der Waals surface area contributed by atoms with Crippen LogP contribution in [-0.2, 0) is 14.6 Å². The highest BCUT2D eigenvalue weighted by molar-refractivity contribution is 14.0. The number of aliphatic imine (C=N–C) groups is 1. The molecule has 1 spiro atoms. The Morgan fingerprint density at radius 2 is 1.96 bits per heavy atom. The zero-order valence-corrected chi connectivity index (χ0v) is 18.3. The lowest BCUT2D eigenvalue weighted by atomic mass is 9.46. The van der Waals surface area contributed by atoms with Crippen LogP contribution in [0.4, 0.5) is 0 Å². The molecule has 8 heteroatoms. The van der Waals surface area contributed by atoms with Gasteiger partial charge in [-0.3, -0.25) is 4.99 Å². The number of halogens is 1. The highest BCUT2D eigenvalue weighted by atomic mass is 127. The van der Waals surface area contributed by atoms with Gasteiger partial charge in [0.1, 0.15) is 0 Å². The molecule has 4 unspecified atom stereocenters. The molecule has 26 heavy (non-hydrogen) atoms. The van der Waals surface area contributed by atoms with Crippen molar-refractivity contribution >= 4 is 39.8 Å². The van der Waals surface area contributed by atoms with Crippen molar-refractivity contribution in [1.29, 1.82) is 0 Å². The molecule has 0 bridgehead atoms. The maximum Gasteiger partial charge on any atom is 0.191 e. The van der Waals surface area contributed by atoms with Crippen molar-refractivity contribution in [2.75, 3.05) is 24.7 Å². The van der Waals surface area contributed by atoms with Crippen molar-refractivity contribution in [3.63, 3.8) is 0 Å². The molecule has 5 aliphatic rings. The Kier molecular flexibility index (Phi) is 5.22. The van der Waals surface area contributed by atoms with Gasteiger partial charge >= 0.3 is 0 Å². The molecule has 2 heterocycles. The lowest BCUT2D eigenvalue weighted by Crippen LogP contribution is -2.72. The van der Waals surface area contributed by atoms with E-state index in [2.05, 4.69) is 10.6 Å². The third-order valence-corrected chi connectivity index (χ3v) is 8.92. The Balaban J connectivity index is 0.00000168. The summed E-state index contributed by atoms with van der Waals surface area (Å²) in [6.45, 7) is 1.52. The molecular weight excluding hydrogens is 465 g/mol. The number of ether oxygens (including phenoxy) is 1. The molecule has 0 amide bonds. The number of hydrogen-bond donors (Lipinski definition) is 2. The minimum atomic E-state index is -2.82. The van der Waals surface area contributed by atoms with E-state index in [9.17, 15) is 8.42 Å². The smallest absolute Gasteiger partial charge is 0.191 e. The molecule has 2 aliphatic heterocycles. The summed E-state index contributed by atoms with van der Waals surface area (Å²) >= 11 is 0. The molecule has 0 aromatic heterocycles. The van der Waals surface area contributed by atoms with Gasteiger partial charge in [0.2, 0.25) is 0 Å². The Hall–Kier alpha value is -0.0900. The molecule has 148 valence electrons. The maximum absolute atomic E-state index is 11.7. The second-order valence-corrected chi connectivity index (χ2v) is 11.1. The van der Waals surface area contributed by atoms with Crippen LogP contribution in [0.15, 0.2) is 4.99 Å². The first-order valence-electron chi connectivity index (χ1n) is 9.95. The fourth-order valence-electron chi connectivity index (χ4n) is 5.39. The highest BCUT2D eigenvalue weighted by Gasteiger charge is 2.66. The highest BCUT2D eigenvalue weighted by Crippen LogP contribution is 2.62. The van der Waals surface area contributed by atoms with E-state index < -0.39 is 9.84 Å². The molecule has 5 rings (SSSR count). The Labute approximate surface area is 173 Å². The first-order chi connectivity index (χ1) is 12.1. The number of rotatable bonds is 4. The predicted octanol–water partition coefficient (Wildman–Crippen LogP) is 1.69. The van der Waals surface area contributed by atoms with Gasteiger partial charge in [0, 0.05) is 36.6 Å². The number of fused-ring (bicyclic) bond motifs is 2. The molecule has 5 fully saturated rings. The second kappa shape index (κ2) is 7.06. The van der Waals surface area contributed by atoms with Gasteiger partial charge in [-0.15, -0.1) is 24.0 Å². The first-order valence-corrected chi connectivity index (χ1v) is 11.8. The van der Waals surface area contributed by atoms with Crippen molar-refractivity contribution in [3.8, 4) is 0 Å². The molecule has 0 aromatic rings. The summed E-state index contributed by atoms with van der Waals surface area (Å²) < 4.78 is 29.4. The van der Waals surface area contributed by atoms with E-state index >= 15 is 0 Å². The van der Waals surface area contributed by atoms with Gasteiger partial charge in [-0.05, 0) is 44.4 Å². The quantitative estimate of drug-likeness (QED) is 0.353. The van der Waals surface area contributed by atoms with Crippen molar-refractivity contribution in [1.82, 2.24) is 10.6 Å². The van der Waals surface area contributed by atoms with E-state index in [1.165, 1.54) is 32.1 Å². The molecular formula is C18H30IN3O3S. The third-order valence-electron chi connectivity index (χ3n) is 7.08. The van der Waals surface area contributed by atoms with Gasteiger partial charge in [-0.1, -0.05) is 6.42 Å². The van der Waals surface area contributed by atoms with Crippen LogP contribution in [0.25, 0.3) is 0 Å². The normalized spacial score (nSPS) is 39.5. The third kappa shape index (κ3) is 3.38. The van der Waals surface area contributed by atoms with E-state index in [-0.39, 0.29) is 29.9 Å². The predicted molar refractivity (Wildman–Crippen MR) is 112 cm³/mol. The van der Waals surface area contributed by atoms with Gasteiger partial charge in [0.25, 0.3) is 0 Å². The zero-order valence-electron chi connectivity index (χ0n) is 15.2. The molecule has 0 radical (unpaired) electrons. The average molecular weight is 495 g/mol. The van der Waals surface area contributed by atoms with E-state index in [1.54, 1.807) is 0 Å². The first kappa shape index (κ1) is 19.2. The van der Waals surface area contributed by atoms with Gasteiger partial charge < -0.3 is 15.4 Å². The van der Waals surface area contributed by atoms with Crippen LogP contribution in [0.3, 0.4) is 0 Å². The van der Waals surface area contributed by atoms with E-state index in [0.29, 0.717) is 47.6 Å². The molecule has 6 nitrogen and oxygen atoms in total. The fraction of sp³-hybridized carbons (Fsp3) is 0.944. The second-order valence-electron chi connectivity index (χ2n) is 8.83. The van der Waals surface area contributed by atoms with Crippen LogP contribution < -0.4 is 10.6 Å². The zero-order chi connectivity index (χ0) is 17.1. The van der Waals surface area contributed by atoms with Crippen molar-refractivity contribution in [2.45, 2.75) is 63.1 Å². The topological polar surface area (TPSA) is 79.8 Å². The van der Waals surface area contributed by atoms with Gasteiger partial charge in [-0.2, -0.15) is 0 Å². The van der Waals surface area contributed by atoms with Crippen LogP contribution in [0.1, 0.15) is 44.9 Å². The van der Waals surface area contributed by atoms with Crippen LogP contribution in [0.5, 0.6) is 0 Å². The summed E-state index contributed by atoms with van der Waals surface area (Å²) in [7, 11) is -2.82. The number of guanidine groups is 1. The molecule has 4 atom stereocenters. The van der Waals surface area contributed by atoms with Crippen molar-refractivity contribution in [2.24, 2.45) is 22.2 Å². The molecule has 3 saturated carbocycles. The summed E-state index contributed by atoms with van der Waals surface area (Å²) in [6.07, 6.45) is 8.64. The minimum Gasteiger partial charge on any atom is -0.377 e. The summed E-state index contributed by atoms with van der Waals surface area (Å²) in [4.78, 5) is 4.80. The molecule has 2 saturated heterocycles. The van der Waals surface area contributed by atoms with Crippen LogP contribution in [0, 0.1) is 17.3 Å². The standard InChI is InChI=1S/C18H29N3O3S.HI/c22-25(23)9-5-12(11-25)10-19-17(20-13-2-3-13)21-15-14-4-8-24-16(14)18(15)6-1-7-18;/h12-16H,1-11H2,(H2,19,20,21);1H. The number of nitrogens with zero attached hydrogens (tertiary/aromatic N) is 1. The average Bonchev–Trinajstić information content (AvgIpc) is 3.12. The SMILES string of the molecule is I.O=S1(=O)CCC(CN=C(NC2CC2)NC2C3CCOC3C23CCC3)C1. The van der Waals surface area contributed by atoms with Crippen molar-refractivity contribution < 1.29 is 13.2 Å². The van der Waals surface area contributed by atoms with Crippen molar-refractivity contribution in [3.05, 3.63) is 0 Å².